The molecular formula is C24H25N7O5S. The van der Waals surface area contributed by atoms with Crippen LogP contribution in [0, 0.1) is 18.3 Å². The summed E-state index contributed by atoms with van der Waals surface area (Å²) >= 11 is 1.21. The Kier molecular flexibility index (Phi) is 8.00. The van der Waals surface area contributed by atoms with Crippen LogP contribution in [-0.2, 0) is 20.8 Å². The summed E-state index contributed by atoms with van der Waals surface area (Å²) in [5.41, 5.74) is 1.12. The van der Waals surface area contributed by atoms with Crippen LogP contribution >= 0.6 is 11.8 Å². The number of thioether (sulfide) groups is 1. The van der Waals surface area contributed by atoms with Crippen molar-refractivity contribution in [1.29, 1.82) is 5.26 Å². The van der Waals surface area contributed by atoms with Gasteiger partial charge in [-0.3, -0.25) is 9.59 Å². The smallest absolute Gasteiger partial charge is 0.338 e. The Bertz CT molecular complexity index is 1480. The fourth-order valence-corrected chi connectivity index (χ4v) is 5.14. The fourth-order valence-electron chi connectivity index (χ4n) is 4.18. The van der Waals surface area contributed by atoms with Crippen molar-refractivity contribution in [2.75, 3.05) is 31.8 Å². The van der Waals surface area contributed by atoms with E-state index in [0.29, 0.717) is 53.0 Å². The number of aromatic nitrogens is 5. The van der Waals surface area contributed by atoms with E-state index in [1.807, 2.05) is 0 Å². The van der Waals surface area contributed by atoms with Gasteiger partial charge < -0.3 is 19.4 Å². The number of aryl methyl sites for hydroxylation is 1. The van der Waals surface area contributed by atoms with Crippen molar-refractivity contribution in [3.05, 3.63) is 45.5 Å². The number of methoxy groups -OCH3 is 1. The van der Waals surface area contributed by atoms with Crippen molar-refractivity contribution in [3.63, 3.8) is 0 Å². The topological polar surface area (TPSA) is 154 Å². The normalized spacial score (nSPS) is 15.5. The van der Waals surface area contributed by atoms with Crippen LogP contribution < -0.4 is 10.9 Å². The van der Waals surface area contributed by atoms with E-state index in [0.717, 1.165) is 12.8 Å². The molecule has 4 heterocycles. The average Bonchev–Trinajstić information content (AvgIpc) is 3.56. The molecule has 3 aromatic heterocycles. The lowest BCUT2D eigenvalue weighted by Gasteiger charge is -2.19. The monoisotopic (exact) mass is 523 g/mol. The molecule has 1 atom stereocenters. The van der Waals surface area contributed by atoms with E-state index in [4.69, 9.17) is 9.47 Å². The van der Waals surface area contributed by atoms with Gasteiger partial charge in [-0.1, -0.05) is 11.8 Å². The molecule has 4 rings (SSSR count). The molecule has 3 aromatic rings. The van der Waals surface area contributed by atoms with Crippen LogP contribution in [0.3, 0.4) is 0 Å². The molecule has 1 N–H and O–H groups in total. The number of pyridine rings is 1. The summed E-state index contributed by atoms with van der Waals surface area (Å²) in [6.07, 6.45) is 5.00. The van der Waals surface area contributed by atoms with Gasteiger partial charge in [-0.25, -0.2) is 14.5 Å². The molecule has 1 aliphatic rings. The number of ether oxygens (including phenoxy) is 2. The third kappa shape index (κ3) is 5.25. The Morgan fingerprint density at radius 2 is 2.24 bits per heavy atom. The number of hydrogen-bond donors (Lipinski definition) is 1. The van der Waals surface area contributed by atoms with Gasteiger partial charge in [-0.2, -0.15) is 15.3 Å². The number of nitrogens with zero attached hydrogens (tertiary/aromatic N) is 6. The molecule has 0 saturated carbocycles. The molecule has 0 radical (unpaired) electrons. The zero-order valence-corrected chi connectivity index (χ0v) is 21.4. The number of rotatable bonds is 9. The van der Waals surface area contributed by atoms with Crippen LogP contribution in [0.1, 0.15) is 34.5 Å². The molecule has 13 heteroatoms. The number of nitriles is 1. The molecule has 192 valence electrons. The molecular weight excluding hydrogens is 498 g/mol. The van der Waals surface area contributed by atoms with Gasteiger partial charge in [-0.05, 0) is 25.8 Å². The standard InChI is InChI=1S/C24H25N7O5S/c1-14-9-18(23(34)35-3)19-21(28-14)30(12-17-5-4-8-36-17)24(29-22(19)33)37-13-16(6-7-32)31-20(26-2)15(10-25)11-27-31/h6-7,9,11,17,26H,4-5,8,12-13H2,1-3H3/b16-6-. The summed E-state index contributed by atoms with van der Waals surface area (Å²) in [5.74, 6) is -0.0280. The minimum Gasteiger partial charge on any atom is -0.465 e. The quantitative estimate of drug-likeness (QED) is 0.144. The first-order valence-corrected chi connectivity index (χ1v) is 12.5. The average molecular weight is 524 g/mol. The van der Waals surface area contributed by atoms with Crippen molar-refractivity contribution in [1.82, 2.24) is 24.3 Å². The first kappa shape index (κ1) is 26.1. The van der Waals surface area contributed by atoms with E-state index in [2.05, 4.69) is 26.5 Å². The molecule has 0 amide bonds. The molecule has 37 heavy (non-hydrogen) atoms. The molecule has 0 aliphatic carbocycles. The van der Waals surface area contributed by atoms with Crippen LogP contribution in [0.15, 0.2) is 28.3 Å². The van der Waals surface area contributed by atoms with Gasteiger partial charge in [0.2, 0.25) is 0 Å². The SMILES string of the molecule is CNc1c(C#N)cnn1/C(=C\C=O)CSc1nc(=O)c2c(C(=O)OC)cc(C)nc2n1CC1CCCO1. The van der Waals surface area contributed by atoms with Crippen molar-refractivity contribution >= 4 is 46.6 Å². The van der Waals surface area contributed by atoms with Gasteiger partial charge in [0.25, 0.3) is 5.56 Å². The summed E-state index contributed by atoms with van der Waals surface area (Å²) in [7, 11) is 2.90. The molecule has 0 bridgehead atoms. The highest BCUT2D eigenvalue weighted by molar-refractivity contribution is 7.99. The largest absolute Gasteiger partial charge is 0.465 e. The Balaban J connectivity index is 1.82. The van der Waals surface area contributed by atoms with Gasteiger partial charge in [-0.15, -0.1) is 0 Å². The van der Waals surface area contributed by atoms with Crippen LogP contribution in [0.2, 0.25) is 0 Å². The maximum absolute atomic E-state index is 13.2. The highest BCUT2D eigenvalue weighted by atomic mass is 32.2. The maximum Gasteiger partial charge on any atom is 0.338 e. The number of esters is 1. The van der Waals surface area contributed by atoms with Crippen LogP contribution in [0.4, 0.5) is 5.82 Å². The second-order valence-electron chi connectivity index (χ2n) is 8.21. The highest BCUT2D eigenvalue weighted by Gasteiger charge is 2.24. The second-order valence-corrected chi connectivity index (χ2v) is 9.15. The van der Waals surface area contributed by atoms with E-state index < -0.39 is 11.5 Å². The van der Waals surface area contributed by atoms with Crippen molar-refractivity contribution in [2.24, 2.45) is 0 Å². The highest BCUT2D eigenvalue weighted by Crippen LogP contribution is 2.28. The molecule has 1 saturated heterocycles. The van der Waals surface area contributed by atoms with Crippen LogP contribution in [-0.4, -0.2) is 69.2 Å². The Hall–Kier alpha value is -4.02. The lowest BCUT2D eigenvalue weighted by atomic mass is 10.1. The predicted molar refractivity (Wildman–Crippen MR) is 136 cm³/mol. The van der Waals surface area contributed by atoms with Gasteiger partial charge in [0.15, 0.2) is 5.16 Å². The summed E-state index contributed by atoms with van der Waals surface area (Å²) in [6.45, 7) is 2.74. The number of allylic oxidation sites excluding steroid dienone is 1. The molecule has 1 unspecified atom stereocenters. The Morgan fingerprint density at radius 1 is 1.43 bits per heavy atom. The van der Waals surface area contributed by atoms with E-state index in [9.17, 15) is 19.6 Å². The summed E-state index contributed by atoms with van der Waals surface area (Å²) in [6, 6.07) is 3.56. The lowest BCUT2D eigenvalue weighted by molar-refractivity contribution is -0.104. The van der Waals surface area contributed by atoms with Crippen molar-refractivity contribution < 1.29 is 19.1 Å². The first-order chi connectivity index (χ1) is 17.9. The molecule has 0 aromatic carbocycles. The number of aldehydes is 1. The van der Waals surface area contributed by atoms with Crippen molar-refractivity contribution in [3.8, 4) is 6.07 Å². The fraction of sp³-hybridized carbons (Fsp3) is 0.375. The number of anilines is 1. The predicted octanol–water partition coefficient (Wildman–Crippen LogP) is 2.01. The zero-order valence-electron chi connectivity index (χ0n) is 20.6. The third-order valence-electron chi connectivity index (χ3n) is 5.85. The number of nitrogens with one attached hydrogen (secondary N) is 1. The van der Waals surface area contributed by atoms with E-state index in [1.54, 1.807) is 18.5 Å². The Morgan fingerprint density at radius 3 is 2.89 bits per heavy atom. The second kappa shape index (κ2) is 11.4. The number of fused-ring (bicyclic) bond motifs is 1. The minimum absolute atomic E-state index is 0.0756. The Labute approximate surface area is 216 Å². The zero-order chi connectivity index (χ0) is 26.5. The van der Waals surface area contributed by atoms with Gasteiger partial charge in [0, 0.05) is 31.2 Å². The molecule has 0 spiro atoms. The number of carbonyl (C=O) groups excluding carboxylic acids is 2. The number of carbonyl (C=O) groups is 2. The summed E-state index contributed by atoms with van der Waals surface area (Å²) in [5, 5.41) is 16.9. The minimum atomic E-state index is -0.652. The molecule has 1 aliphatic heterocycles. The maximum atomic E-state index is 13.2. The van der Waals surface area contributed by atoms with Gasteiger partial charge >= 0.3 is 5.97 Å². The van der Waals surface area contributed by atoms with Crippen LogP contribution in [0.25, 0.3) is 16.7 Å². The summed E-state index contributed by atoms with van der Waals surface area (Å²) in [4.78, 5) is 45.9. The summed E-state index contributed by atoms with van der Waals surface area (Å²) < 4.78 is 14.0. The van der Waals surface area contributed by atoms with Crippen LogP contribution in [0.5, 0.6) is 0 Å². The van der Waals surface area contributed by atoms with Crippen molar-refractivity contribution in [2.45, 2.75) is 37.6 Å². The van der Waals surface area contributed by atoms with Gasteiger partial charge in [0.05, 0.1) is 42.6 Å². The van der Waals surface area contributed by atoms with Gasteiger partial charge in [0.1, 0.15) is 29.4 Å². The molecule has 12 nitrogen and oxygen atoms in total. The number of hydrogen-bond acceptors (Lipinski definition) is 11. The third-order valence-corrected chi connectivity index (χ3v) is 6.86. The van der Waals surface area contributed by atoms with E-state index in [1.165, 1.54) is 41.9 Å². The molecule has 1 fully saturated rings. The first-order valence-electron chi connectivity index (χ1n) is 11.5. The van der Waals surface area contributed by atoms with E-state index in [-0.39, 0.29) is 22.8 Å². The lowest BCUT2D eigenvalue weighted by Crippen LogP contribution is -2.25. The van der Waals surface area contributed by atoms with E-state index >= 15 is 0 Å².